The molecule has 0 aliphatic carbocycles. The van der Waals surface area contributed by atoms with Gasteiger partial charge in [0.25, 0.3) is 5.91 Å². The zero-order chi connectivity index (χ0) is 18.5. The number of nitrogens with one attached hydrogen (secondary N) is 1. The highest BCUT2D eigenvalue weighted by molar-refractivity contribution is 5.97. The number of aliphatic carboxylic acids is 1. The molecule has 5 nitrogen and oxygen atoms in total. The third-order valence-corrected chi connectivity index (χ3v) is 3.18. The van der Waals surface area contributed by atoms with Gasteiger partial charge in [-0.05, 0) is 32.0 Å². The van der Waals surface area contributed by atoms with Crippen LogP contribution in [0.25, 0.3) is 0 Å². The zero-order valence-corrected chi connectivity index (χ0v) is 13.2. The summed E-state index contributed by atoms with van der Waals surface area (Å²) in [5.41, 5.74) is -2.59. The van der Waals surface area contributed by atoms with Crippen LogP contribution >= 0.6 is 0 Å². The average Bonchev–Trinajstić information content (AvgIpc) is 2.49. The summed E-state index contributed by atoms with van der Waals surface area (Å²) in [4.78, 5) is 23.2. The molecule has 0 saturated heterocycles. The van der Waals surface area contributed by atoms with Crippen LogP contribution in [-0.2, 0) is 11.0 Å². The number of benzene rings is 1. The molecule has 0 fully saturated rings. The van der Waals surface area contributed by atoms with E-state index in [0.717, 1.165) is 12.1 Å². The first-order valence-corrected chi connectivity index (χ1v) is 6.95. The monoisotopic (exact) mass is 345 g/mol. The maximum atomic E-state index is 12.8. The Kier molecular flexibility index (Phi) is 6.00. The van der Waals surface area contributed by atoms with E-state index < -0.39 is 29.0 Å². The maximum absolute atomic E-state index is 12.8. The second-order valence-electron chi connectivity index (χ2n) is 5.68. The molecule has 0 radical (unpaired) electrons. The van der Waals surface area contributed by atoms with Crippen molar-refractivity contribution < 1.29 is 32.6 Å². The molecule has 1 aromatic rings. The van der Waals surface area contributed by atoms with Crippen molar-refractivity contribution in [1.82, 2.24) is 5.32 Å². The average molecular weight is 345 g/mol. The molecule has 0 saturated carbocycles. The van der Waals surface area contributed by atoms with E-state index >= 15 is 0 Å². The third kappa shape index (κ3) is 5.00. The van der Waals surface area contributed by atoms with Gasteiger partial charge < -0.3 is 15.2 Å². The molecule has 132 valence electrons. The van der Waals surface area contributed by atoms with Gasteiger partial charge in [0.2, 0.25) is 0 Å². The molecule has 1 aromatic carbocycles. The predicted octanol–water partition coefficient (Wildman–Crippen LogP) is 3.11. The van der Waals surface area contributed by atoms with E-state index in [-0.39, 0.29) is 24.5 Å². The van der Waals surface area contributed by atoms with Gasteiger partial charge in [-0.25, -0.2) is 0 Å². The molecule has 0 aliphatic rings. The predicted molar refractivity (Wildman–Crippen MR) is 80.9 cm³/mol. The van der Waals surface area contributed by atoms with Crippen LogP contribution in [0, 0.1) is 5.41 Å². The minimum absolute atomic E-state index is 0.00621. The molecular weight excluding hydrogens is 327 g/mol. The van der Waals surface area contributed by atoms with Crippen LogP contribution in [0.15, 0.2) is 30.9 Å². The molecule has 0 spiro atoms. The van der Waals surface area contributed by atoms with Crippen LogP contribution in [0.3, 0.4) is 0 Å². The molecule has 2 N–H and O–H groups in total. The van der Waals surface area contributed by atoms with Gasteiger partial charge in [0.1, 0.15) is 12.4 Å². The lowest BCUT2D eigenvalue weighted by molar-refractivity contribution is -0.146. The highest BCUT2D eigenvalue weighted by Crippen LogP contribution is 2.32. The number of carboxylic acids is 1. The minimum Gasteiger partial charge on any atom is -0.489 e. The molecule has 0 heterocycles. The first kappa shape index (κ1) is 19.5. The number of hydrogen-bond donors (Lipinski definition) is 2. The summed E-state index contributed by atoms with van der Waals surface area (Å²) < 4.78 is 43.7. The Morgan fingerprint density at radius 1 is 1.33 bits per heavy atom. The molecule has 24 heavy (non-hydrogen) atoms. The first-order valence-electron chi connectivity index (χ1n) is 6.95. The second kappa shape index (κ2) is 7.37. The van der Waals surface area contributed by atoms with Crippen molar-refractivity contribution in [2.75, 3.05) is 13.2 Å². The number of hydrogen-bond acceptors (Lipinski definition) is 3. The van der Waals surface area contributed by atoms with Crippen LogP contribution < -0.4 is 10.1 Å². The number of rotatable bonds is 7. The summed E-state index contributed by atoms with van der Waals surface area (Å²) >= 11 is 0. The summed E-state index contributed by atoms with van der Waals surface area (Å²) in [7, 11) is 0. The summed E-state index contributed by atoms with van der Waals surface area (Å²) in [6.07, 6.45) is -3.24. The minimum atomic E-state index is -4.62. The Morgan fingerprint density at radius 3 is 2.46 bits per heavy atom. The summed E-state index contributed by atoms with van der Waals surface area (Å²) in [5.74, 6) is -2.04. The fraction of sp³-hybridized carbons (Fsp3) is 0.375. The van der Waals surface area contributed by atoms with E-state index in [1.54, 1.807) is 0 Å². The van der Waals surface area contributed by atoms with Gasteiger partial charge in [0.15, 0.2) is 0 Å². The number of carbonyl (C=O) groups is 2. The normalized spacial score (nSPS) is 11.7. The van der Waals surface area contributed by atoms with Gasteiger partial charge in [0.05, 0.1) is 16.5 Å². The Hall–Kier alpha value is -2.51. The van der Waals surface area contributed by atoms with Crippen LogP contribution in [-0.4, -0.2) is 30.1 Å². The molecule has 0 bridgehead atoms. The lowest BCUT2D eigenvalue weighted by Crippen LogP contribution is -2.39. The quantitative estimate of drug-likeness (QED) is 0.745. The SMILES string of the molecule is C=CCOc1ccc(C(F)(F)F)cc1C(=O)NCC(C)(C)C(=O)O. The second-order valence-corrected chi connectivity index (χ2v) is 5.68. The van der Waals surface area contributed by atoms with Gasteiger partial charge in [0, 0.05) is 6.54 Å². The van der Waals surface area contributed by atoms with Crippen molar-refractivity contribution in [3.8, 4) is 5.75 Å². The van der Waals surface area contributed by atoms with Crippen LogP contribution in [0.4, 0.5) is 13.2 Å². The summed E-state index contributed by atoms with van der Waals surface area (Å²) in [5, 5.41) is 11.3. The first-order chi connectivity index (χ1) is 11.0. The maximum Gasteiger partial charge on any atom is 0.416 e. The topological polar surface area (TPSA) is 75.6 Å². The van der Waals surface area contributed by atoms with Gasteiger partial charge in [-0.2, -0.15) is 13.2 Å². The fourth-order valence-electron chi connectivity index (χ4n) is 1.63. The Bertz CT molecular complexity index is 639. The van der Waals surface area contributed by atoms with E-state index in [1.807, 2.05) is 0 Å². The van der Waals surface area contributed by atoms with Crippen molar-refractivity contribution in [3.63, 3.8) is 0 Å². The van der Waals surface area contributed by atoms with E-state index in [2.05, 4.69) is 11.9 Å². The smallest absolute Gasteiger partial charge is 0.416 e. The van der Waals surface area contributed by atoms with E-state index in [0.29, 0.717) is 6.07 Å². The van der Waals surface area contributed by atoms with Crippen LogP contribution in [0.5, 0.6) is 5.75 Å². The molecule has 1 amide bonds. The fourth-order valence-corrected chi connectivity index (χ4v) is 1.63. The van der Waals surface area contributed by atoms with E-state index in [4.69, 9.17) is 9.84 Å². The van der Waals surface area contributed by atoms with E-state index in [9.17, 15) is 22.8 Å². The zero-order valence-electron chi connectivity index (χ0n) is 13.2. The van der Waals surface area contributed by atoms with Crippen molar-refractivity contribution in [3.05, 3.63) is 42.0 Å². The Morgan fingerprint density at radius 2 is 1.96 bits per heavy atom. The lowest BCUT2D eigenvalue weighted by atomic mass is 9.94. The van der Waals surface area contributed by atoms with Crippen LogP contribution in [0.1, 0.15) is 29.8 Å². The standard InChI is InChI=1S/C16H18F3NO4/c1-4-7-24-12-6-5-10(16(17,18)19)8-11(12)13(21)20-9-15(2,3)14(22)23/h4-6,8H,1,7,9H2,2-3H3,(H,20,21)(H,22,23). The number of ether oxygens (including phenoxy) is 1. The highest BCUT2D eigenvalue weighted by Gasteiger charge is 2.33. The Balaban J connectivity index is 3.10. The van der Waals surface area contributed by atoms with Gasteiger partial charge in [-0.3, -0.25) is 9.59 Å². The van der Waals surface area contributed by atoms with Gasteiger partial charge >= 0.3 is 12.1 Å². The molecule has 8 heteroatoms. The Labute approximate surface area is 137 Å². The highest BCUT2D eigenvalue weighted by atomic mass is 19.4. The number of amides is 1. The molecule has 0 atom stereocenters. The van der Waals surface area contributed by atoms with Crippen LogP contribution in [0.2, 0.25) is 0 Å². The summed E-state index contributed by atoms with van der Waals surface area (Å²) in [6.45, 7) is 5.95. The number of carboxylic acid groups (broad SMARTS) is 1. The van der Waals surface area contributed by atoms with Crippen molar-refractivity contribution >= 4 is 11.9 Å². The molecule has 1 rings (SSSR count). The van der Waals surface area contributed by atoms with E-state index in [1.165, 1.54) is 19.9 Å². The van der Waals surface area contributed by atoms with Gasteiger partial charge in [-0.15, -0.1) is 0 Å². The molecule has 0 aliphatic heterocycles. The molecule has 0 aromatic heterocycles. The number of halogens is 3. The van der Waals surface area contributed by atoms with Gasteiger partial charge in [-0.1, -0.05) is 12.7 Å². The van der Waals surface area contributed by atoms with Crippen molar-refractivity contribution in [2.24, 2.45) is 5.41 Å². The number of alkyl halides is 3. The van der Waals surface area contributed by atoms with Crippen molar-refractivity contribution in [1.29, 1.82) is 0 Å². The van der Waals surface area contributed by atoms with Crippen molar-refractivity contribution in [2.45, 2.75) is 20.0 Å². The third-order valence-electron chi connectivity index (χ3n) is 3.18. The molecule has 0 unspecified atom stereocenters. The summed E-state index contributed by atoms with van der Waals surface area (Å²) in [6, 6.07) is 2.52. The molecular formula is C16H18F3NO4. The largest absolute Gasteiger partial charge is 0.489 e. The lowest BCUT2D eigenvalue weighted by Gasteiger charge is -2.20. The number of carbonyl (C=O) groups excluding carboxylic acids is 1.